The number of anilines is 2. The third-order valence-corrected chi connectivity index (χ3v) is 14.2. The van der Waals surface area contributed by atoms with Crippen molar-refractivity contribution < 1.29 is 9.14 Å². The lowest BCUT2D eigenvalue weighted by atomic mass is 9.58. The van der Waals surface area contributed by atoms with Crippen LogP contribution in [-0.4, -0.2) is 43.0 Å². The summed E-state index contributed by atoms with van der Waals surface area (Å²) in [5.74, 6) is 4.28. The number of amidine groups is 1. The van der Waals surface area contributed by atoms with E-state index in [2.05, 4.69) is 197 Å². The van der Waals surface area contributed by atoms with Crippen LogP contribution < -0.4 is 19.7 Å². The standard InChI is InChI=1S/C46H54BN5/c1-28(2)32-19-16-20-33(29(3)4)40(32)47-50(11)38-25-17-21-34-31(6)41(51-26-27-52(47)43(51)39(34)38)42-45(7)35-22-13-15-24-37(35)49(10)44(46(42,45)8)48(9)36-23-14-12-18-30(36)5/h12-29,31,41-42H,1-11H3/q+2. The van der Waals surface area contributed by atoms with E-state index in [-0.39, 0.29) is 23.9 Å². The van der Waals surface area contributed by atoms with E-state index in [1.165, 1.54) is 67.6 Å². The van der Waals surface area contributed by atoms with Crippen molar-refractivity contribution in [3.63, 3.8) is 0 Å². The number of para-hydroxylation sites is 2. The summed E-state index contributed by atoms with van der Waals surface area (Å²) in [6.07, 6.45) is 4.84. The van der Waals surface area contributed by atoms with E-state index < -0.39 is 0 Å². The quantitative estimate of drug-likeness (QED) is 0.136. The van der Waals surface area contributed by atoms with Gasteiger partial charge in [0.2, 0.25) is 0 Å². The molecule has 0 N–H and O–H groups in total. The lowest BCUT2D eigenvalue weighted by Crippen LogP contribution is -2.59. The van der Waals surface area contributed by atoms with Crippen molar-refractivity contribution in [2.45, 2.75) is 84.6 Å². The number of nitrogens with zero attached hydrogens (tertiary/aromatic N) is 5. The van der Waals surface area contributed by atoms with Gasteiger partial charge < -0.3 is 4.81 Å². The van der Waals surface area contributed by atoms with Gasteiger partial charge in [-0.25, -0.2) is 14.0 Å². The highest BCUT2D eigenvalue weighted by atomic mass is 15.3. The number of fused-ring (bicyclic) bond motifs is 3. The van der Waals surface area contributed by atoms with Crippen molar-refractivity contribution in [2.24, 2.45) is 11.3 Å². The number of hydrogen-bond acceptors (Lipinski definition) is 1. The van der Waals surface area contributed by atoms with Crippen LogP contribution in [0.2, 0.25) is 0 Å². The fraction of sp³-hybridized carbons (Fsp3) is 0.391. The summed E-state index contributed by atoms with van der Waals surface area (Å²) in [5.41, 5.74) is 13.8. The molecule has 1 saturated carbocycles. The van der Waals surface area contributed by atoms with Gasteiger partial charge in [0.05, 0.1) is 25.1 Å². The molecular formula is C46H54BN5+2. The summed E-state index contributed by atoms with van der Waals surface area (Å²) in [4.78, 5) is 5.06. The second-order valence-corrected chi connectivity index (χ2v) is 17.2. The summed E-state index contributed by atoms with van der Waals surface area (Å²) in [7, 11) is 6.90. The number of imidazole rings is 1. The van der Waals surface area contributed by atoms with Gasteiger partial charge in [-0.05, 0) is 73.2 Å². The van der Waals surface area contributed by atoms with Gasteiger partial charge in [0.25, 0.3) is 11.7 Å². The minimum absolute atomic E-state index is 0.0574. The van der Waals surface area contributed by atoms with Gasteiger partial charge in [-0.15, -0.1) is 0 Å². The summed E-state index contributed by atoms with van der Waals surface area (Å²) < 4.78 is 7.85. The first-order valence-electron chi connectivity index (χ1n) is 19.5. The molecule has 5 nitrogen and oxygen atoms in total. The van der Waals surface area contributed by atoms with E-state index in [0.717, 1.165) is 0 Å². The fourth-order valence-corrected chi connectivity index (χ4v) is 11.7. The number of aryl methyl sites for hydroxylation is 1. The van der Waals surface area contributed by atoms with Gasteiger partial charge >= 0.3 is 6.98 Å². The molecule has 5 atom stereocenters. The maximum Gasteiger partial charge on any atom is 0.537 e. The lowest BCUT2D eigenvalue weighted by molar-refractivity contribution is -0.721. The molecule has 6 heteroatoms. The van der Waals surface area contributed by atoms with Crippen molar-refractivity contribution in [3.05, 3.63) is 125 Å². The summed E-state index contributed by atoms with van der Waals surface area (Å²) in [6, 6.07) is 32.4. The number of hydrogen-bond donors (Lipinski definition) is 0. The van der Waals surface area contributed by atoms with Crippen LogP contribution in [0.5, 0.6) is 0 Å². The molecule has 0 bridgehead atoms. The molecule has 0 radical (unpaired) electrons. The zero-order valence-corrected chi connectivity index (χ0v) is 32.9. The third-order valence-electron chi connectivity index (χ3n) is 14.2. The van der Waals surface area contributed by atoms with E-state index in [1.807, 2.05) is 0 Å². The molecule has 4 aromatic carbocycles. The van der Waals surface area contributed by atoms with Crippen LogP contribution in [0.3, 0.4) is 0 Å². The molecule has 0 saturated heterocycles. The van der Waals surface area contributed by atoms with Crippen LogP contribution in [-0.2, 0) is 5.41 Å². The Hall–Kier alpha value is -4.58. The van der Waals surface area contributed by atoms with Gasteiger partial charge in [0.15, 0.2) is 0 Å². The molecule has 0 spiro atoms. The molecule has 4 aliphatic rings. The zero-order valence-electron chi connectivity index (χ0n) is 32.9. The smallest absolute Gasteiger partial charge is 0.372 e. The maximum absolute atomic E-state index is 2.72. The van der Waals surface area contributed by atoms with Crippen LogP contribution in [0.15, 0.2) is 97.3 Å². The third kappa shape index (κ3) is 4.02. The Balaban J connectivity index is 1.29. The first-order chi connectivity index (χ1) is 24.9. The van der Waals surface area contributed by atoms with E-state index >= 15 is 0 Å². The second kappa shape index (κ2) is 11.2. The predicted octanol–water partition coefficient (Wildman–Crippen LogP) is 8.77. The van der Waals surface area contributed by atoms with Gasteiger partial charge in [-0.3, -0.25) is 4.48 Å². The molecule has 9 rings (SSSR count). The van der Waals surface area contributed by atoms with Crippen molar-refractivity contribution in [1.82, 2.24) is 4.48 Å². The van der Waals surface area contributed by atoms with Crippen molar-refractivity contribution >= 4 is 35.3 Å². The Labute approximate surface area is 311 Å². The van der Waals surface area contributed by atoms with Crippen LogP contribution in [0, 0.1) is 18.3 Å². The molecule has 3 aliphatic heterocycles. The van der Waals surface area contributed by atoms with Crippen LogP contribution >= 0.6 is 0 Å². The molecular weight excluding hydrogens is 633 g/mol. The molecule has 52 heavy (non-hydrogen) atoms. The van der Waals surface area contributed by atoms with E-state index in [4.69, 9.17) is 0 Å². The van der Waals surface area contributed by atoms with Crippen LogP contribution in [0.1, 0.15) is 100 Å². The normalized spacial score (nSPS) is 26.4. The summed E-state index contributed by atoms with van der Waals surface area (Å²) >= 11 is 0. The second-order valence-electron chi connectivity index (χ2n) is 17.2. The topological polar surface area (TPSA) is 18.3 Å². The average Bonchev–Trinajstić information content (AvgIpc) is 3.38. The SMILES string of the molecule is Cc1ccccc1/[N+](C)=C1/N(C)c2ccccc2C2(C)C(C3C(C)c4cccc5c4-c4n(cc[n+]43)B(c3c(C(C)C)cccc3C(C)C)N5C)C12C. The first-order valence-corrected chi connectivity index (χ1v) is 19.5. The van der Waals surface area contributed by atoms with Crippen molar-refractivity contribution in [1.29, 1.82) is 0 Å². The van der Waals surface area contributed by atoms with Gasteiger partial charge in [0.1, 0.15) is 29.8 Å². The van der Waals surface area contributed by atoms with Crippen LogP contribution in [0.25, 0.3) is 11.4 Å². The molecule has 4 heterocycles. The van der Waals surface area contributed by atoms with E-state index in [0.29, 0.717) is 23.7 Å². The Morgan fingerprint density at radius 3 is 2.12 bits per heavy atom. The van der Waals surface area contributed by atoms with Crippen molar-refractivity contribution in [2.75, 3.05) is 30.9 Å². The fourth-order valence-electron chi connectivity index (χ4n) is 11.7. The van der Waals surface area contributed by atoms with Gasteiger partial charge in [-0.2, -0.15) is 0 Å². The molecule has 1 aromatic heterocycles. The summed E-state index contributed by atoms with van der Waals surface area (Å²) in [5, 5.41) is 0. The average molecular weight is 688 g/mol. The molecule has 5 unspecified atom stereocenters. The Kier molecular flexibility index (Phi) is 7.18. The highest BCUT2D eigenvalue weighted by Crippen LogP contribution is 2.78. The number of aromatic nitrogens is 2. The molecule has 1 fully saturated rings. The molecule has 264 valence electrons. The van der Waals surface area contributed by atoms with Crippen molar-refractivity contribution in [3.8, 4) is 11.4 Å². The monoisotopic (exact) mass is 687 g/mol. The minimum Gasteiger partial charge on any atom is -0.372 e. The predicted molar refractivity (Wildman–Crippen MR) is 217 cm³/mol. The summed E-state index contributed by atoms with van der Waals surface area (Å²) in [6.45, 7) is 19.4. The molecule has 1 aliphatic carbocycles. The van der Waals surface area contributed by atoms with Gasteiger partial charge in [-0.1, -0.05) is 108 Å². The zero-order chi connectivity index (χ0) is 36.6. The lowest BCUT2D eigenvalue weighted by Gasteiger charge is -2.38. The molecule has 5 aromatic rings. The Morgan fingerprint density at radius 1 is 0.788 bits per heavy atom. The number of benzene rings is 4. The number of rotatable bonds is 5. The minimum atomic E-state index is -0.108. The van der Waals surface area contributed by atoms with E-state index in [9.17, 15) is 0 Å². The van der Waals surface area contributed by atoms with Crippen LogP contribution in [0.4, 0.5) is 17.1 Å². The molecule has 0 amide bonds. The Morgan fingerprint density at radius 2 is 1.42 bits per heavy atom. The maximum atomic E-state index is 2.72. The van der Waals surface area contributed by atoms with E-state index in [1.54, 1.807) is 0 Å². The van der Waals surface area contributed by atoms with Gasteiger partial charge in [0, 0.05) is 34.0 Å². The highest BCUT2D eigenvalue weighted by Gasteiger charge is 2.84. The Bertz CT molecular complexity index is 2290. The first kappa shape index (κ1) is 33.3. The largest absolute Gasteiger partial charge is 0.537 e. The highest BCUT2D eigenvalue weighted by molar-refractivity contribution is 6.77.